The fourth-order valence-electron chi connectivity index (χ4n) is 2.23. The molecule has 1 heterocycles. The highest BCUT2D eigenvalue weighted by molar-refractivity contribution is 7.88. The van der Waals surface area contributed by atoms with Crippen LogP contribution in [0.2, 0.25) is 0 Å². The van der Waals surface area contributed by atoms with Crippen LogP contribution in [0.15, 0.2) is 0 Å². The third kappa shape index (κ3) is 5.46. The number of amides is 1. The van der Waals surface area contributed by atoms with E-state index in [9.17, 15) is 13.2 Å². The molecule has 7 heteroatoms. The summed E-state index contributed by atoms with van der Waals surface area (Å²) in [5.41, 5.74) is 5.48. The predicted octanol–water partition coefficient (Wildman–Crippen LogP) is -0.145. The quantitative estimate of drug-likeness (QED) is 0.738. The minimum atomic E-state index is -3.13. The normalized spacial score (nSPS) is 19.4. The molecule has 19 heavy (non-hydrogen) atoms. The van der Waals surface area contributed by atoms with Gasteiger partial charge in [0.05, 0.1) is 6.26 Å². The number of hydrogen-bond donors (Lipinski definition) is 1. The maximum atomic E-state index is 12.0. The molecule has 1 aliphatic rings. The Bertz CT molecular complexity index is 389. The zero-order valence-corrected chi connectivity index (χ0v) is 12.7. The van der Waals surface area contributed by atoms with Crippen molar-refractivity contribution in [1.82, 2.24) is 9.21 Å². The number of nitrogens with zero attached hydrogens (tertiary/aromatic N) is 2. The van der Waals surface area contributed by atoms with Crippen molar-refractivity contribution in [2.75, 3.05) is 39.0 Å². The summed E-state index contributed by atoms with van der Waals surface area (Å²) < 4.78 is 24.1. The molecule has 0 aromatic rings. The molecule has 1 atom stereocenters. The van der Waals surface area contributed by atoms with Gasteiger partial charge in [0.2, 0.25) is 15.9 Å². The molecule has 0 aromatic heterocycles. The molecule has 0 saturated carbocycles. The van der Waals surface area contributed by atoms with Crippen LogP contribution >= 0.6 is 0 Å². The zero-order valence-electron chi connectivity index (χ0n) is 11.8. The molecular weight excluding hydrogens is 266 g/mol. The van der Waals surface area contributed by atoms with Crippen LogP contribution in [0.5, 0.6) is 0 Å². The molecule has 1 aliphatic heterocycles. The van der Waals surface area contributed by atoms with Gasteiger partial charge >= 0.3 is 0 Å². The first-order valence-corrected chi connectivity index (χ1v) is 8.62. The topological polar surface area (TPSA) is 83.7 Å². The molecule has 1 amide bonds. The molecule has 0 aromatic carbocycles. The third-order valence-electron chi connectivity index (χ3n) is 3.57. The van der Waals surface area contributed by atoms with Gasteiger partial charge in [0.15, 0.2) is 0 Å². The molecule has 1 saturated heterocycles. The van der Waals surface area contributed by atoms with Crippen LogP contribution in [-0.4, -0.2) is 62.5 Å². The maximum Gasteiger partial charge on any atom is 0.222 e. The van der Waals surface area contributed by atoms with Gasteiger partial charge in [0, 0.05) is 32.6 Å². The predicted molar refractivity (Wildman–Crippen MR) is 75.1 cm³/mol. The van der Waals surface area contributed by atoms with Gasteiger partial charge in [-0.2, -0.15) is 4.31 Å². The van der Waals surface area contributed by atoms with Gasteiger partial charge in [-0.05, 0) is 25.3 Å². The molecule has 0 spiro atoms. The molecule has 0 radical (unpaired) electrons. The van der Waals surface area contributed by atoms with Crippen LogP contribution in [0.25, 0.3) is 0 Å². The lowest BCUT2D eigenvalue weighted by atomic mass is 10.0. The van der Waals surface area contributed by atoms with E-state index in [1.165, 1.54) is 10.6 Å². The van der Waals surface area contributed by atoms with E-state index < -0.39 is 10.0 Å². The van der Waals surface area contributed by atoms with Crippen molar-refractivity contribution in [3.8, 4) is 0 Å². The summed E-state index contributed by atoms with van der Waals surface area (Å²) in [5.74, 6) is 0.586. The molecule has 1 rings (SSSR count). The summed E-state index contributed by atoms with van der Waals surface area (Å²) in [5, 5.41) is 0. The fourth-order valence-corrected chi connectivity index (χ4v) is 3.05. The largest absolute Gasteiger partial charge is 0.340 e. The third-order valence-corrected chi connectivity index (χ3v) is 4.87. The first-order valence-electron chi connectivity index (χ1n) is 6.77. The van der Waals surface area contributed by atoms with Crippen LogP contribution in [0.1, 0.15) is 26.2 Å². The van der Waals surface area contributed by atoms with Crippen LogP contribution in [0.4, 0.5) is 0 Å². The van der Waals surface area contributed by atoms with Crippen LogP contribution in [0, 0.1) is 5.92 Å². The second-order valence-corrected chi connectivity index (χ2v) is 7.25. The van der Waals surface area contributed by atoms with Crippen LogP contribution in [-0.2, 0) is 14.8 Å². The van der Waals surface area contributed by atoms with Crippen molar-refractivity contribution >= 4 is 15.9 Å². The highest BCUT2D eigenvalue weighted by Gasteiger charge is 2.25. The first kappa shape index (κ1) is 16.4. The minimum Gasteiger partial charge on any atom is -0.340 e. The Morgan fingerprint density at radius 3 is 2.26 bits per heavy atom. The molecular formula is C12H25N3O3S. The van der Waals surface area contributed by atoms with E-state index in [4.69, 9.17) is 5.73 Å². The molecule has 6 nitrogen and oxygen atoms in total. The number of rotatable bonds is 6. The summed E-state index contributed by atoms with van der Waals surface area (Å²) in [6, 6.07) is 0. The molecule has 112 valence electrons. The molecule has 2 N–H and O–H groups in total. The minimum absolute atomic E-state index is 0.122. The maximum absolute atomic E-state index is 12.0. The molecule has 1 unspecified atom stereocenters. The number of carbonyl (C=O) groups is 1. The van der Waals surface area contributed by atoms with E-state index in [1.807, 2.05) is 0 Å². The average molecular weight is 291 g/mol. The highest BCUT2D eigenvalue weighted by Crippen LogP contribution is 2.13. The summed E-state index contributed by atoms with van der Waals surface area (Å²) in [4.78, 5) is 13.8. The van der Waals surface area contributed by atoms with Gasteiger partial charge in [-0.25, -0.2) is 8.42 Å². The lowest BCUT2D eigenvalue weighted by Gasteiger charge is -2.33. The summed E-state index contributed by atoms with van der Waals surface area (Å²) in [7, 11) is -3.13. The van der Waals surface area contributed by atoms with E-state index in [-0.39, 0.29) is 5.91 Å². The lowest BCUT2D eigenvalue weighted by Crippen LogP contribution is -2.50. The van der Waals surface area contributed by atoms with Gasteiger partial charge in [-0.15, -0.1) is 0 Å². The number of hydrogen-bond acceptors (Lipinski definition) is 4. The molecule has 0 aliphatic carbocycles. The van der Waals surface area contributed by atoms with Gasteiger partial charge < -0.3 is 10.6 Å². The lowest BCUT2D eigenvalue weighted by molar-refractivity contribution is -0.132. The van der Waals surface area contributed by atoms with E-state index >= 15 is 0 Å². The Morgan fingerprint density at radius 1 is 1.21 bits per heavy atom. The fraction of sp³-hybridized carbons (Fsp3) is 0.917. The average Bonchev–Trinajstić information content (AvgIpc) is 2.35. The Labute approximate surface area is 116 Å². The van der Waals surface area contributed by atoms with Crippen molar-refractivity contribution in [2.24, 2.45) is 11.7 Å². The van der Waals surface area contributed by atoms with E-state index in [1.54, 1.807) is 4.90 Å². The van der Waals surface area contributed by atoms with E-state index in [0.717, 1.165) is 12.8 Å². The van der Waals surface area contributed by atoms with Gasteiger partial charge in [-0.3, -0.25) is 4.79 Å². The number of nitrogens with two attached hydrogens (primary N) is 1. The Kier molecular flexibility index (Phi) is 6.22. The second kappa shape index (κ2) is 7.21. The highest BCUT2D eigenvalue weighted by atomic mass is 32.2. The van der Waals surface area contributed by atoms with Crippen molar-refractivity contribution in [3.05, 3.63) is 0 Å². The second-order valence-electron chi connectivity index (χ2n) is 5.26. The van der Waals surface area contributed by atoms with Crippen LogP contribution < -0.4 is 5.73 Å². The smallest absolute Gasteiger partial charge is 0.222 e. The molecule has 0 bridgehead atoms. The zero-order chi connectivity index (χ0) is 14.5. The summed E-state index contributed by atoms with van der Waals surface area (Å²) >= 11 is 0. The van der Waals surface area contributed by atoms with Crippen molar-refractivity contribution in [3.63, 3.8) is 0 Å². The van der Waals surface area contributed by atoms with Crippen molar-refractivity contribution in [1.29, 1.82) is 0 Å². The van der Waals surface area contributed by atoms with Crippen molar-refractivity contribution < 1.29 is 13.2 Å². The monoisotopic (exact) mass is 291 g/mol. The number of sulfonamides is 1. The van der Waals surface area contributed by atoms with E-state index in [2.05, 4.69) is 6.92 Å². The van der Waals surface area contributed by atoms with Gasteiger partial charge in [-0.1, -0.05) is 6.92 Å². The summed E-state index contributed by atoms with van der Waals surface area (Å²) in [6.07, 6.45) is 3.52. The number of carbonyl (C=O) groups excluding carboxylic acids is 1. The summed E-state index contributed by atoms with van der Waals surface area (Å²) in [6.45, 7) is 4.56. The SMILES string of the molecule is CC(CCN)CCC(=O)N1CCN(S(C)(=O)=O)CC1. The van der Waals surface area contributed by atoms with E-state index in [0.29, 0.717) is 45.1 Å². The number of piperazine rings is 1. The Balaban J connectivity index is 2.33. The van der Waals surface area contributed by atoms with Crippen molar-refractivity contribution in [2.45, 2.75) is 26.2 Å². The Hall–Kier alpha value is -0.660. The Morgan fingerprint density at radius 2 is 1.79 bits per heavy atom. The van der Waals surface area contributed by atoms with Gasteiger partial charge in [0.1, 0.15) is 0 Å². The standard InChI is InChI=1S/C12H25N3O3S/c1-11(5-6-13)3-4-12(16)14-7-9-15(10-8-14)19(2,17)18/h11H,3-10,13H2,1-2H3. The first-order chi connectivity index (χ1) is 8.84. The molecule has 1 fully saturated rings. The van der Waals surface area contributed by atoms with Crippen LogP contribution in [0.3, 0.4) is 0 Å². The van der Waals surface area contributed by atoms with Gasteiger partial charge in [0.25, 0.3) is 0 Å².